The lowest BCUT2D eigenvalue weighted by Gasteiger charge is -2.07. The van der Waals surface area contributed by atoms with Crippen LogP contribution in [0.4, 0.5) is 5.00 Å². The Morgan fingerprint density at radius 1 is 1.38 bits per heavy atom. The quantitative estimate of drug-likeness (QED) is 0.137. The minimum Gasteiger partial charge on any atom is -0.492 e. The number of nitrogens with one attached hydrogen (secondary N) is 1. The molecule has 0 atom stereocenters. The van der Waals surface area contributed by atoms with E-state index in [4.69, 9.17) is 50.3 Å². The number of primary amides is 1. The van der Waals surface area contributed by atoms with Crippen molar-refractivity contribution in [1.29, 1.82) is 0 Å². The molecule has 0 aliphatic carbocycles. The highest BCUT2D eigenvalue weighted by Crippen LogP contribution is 2.28. The molecule has 0 saturated carbocycles. The van der Waals surface area contributed by atoms with Gasteiger partial charge in [0.25, 0.3) is 11.1 Å². The van der Waals surface area contributed by atoms with Gasteiger partial charge >= 0.3 is 0 Å². The van der Waals surface area contributed by atoms with Crippen molar-refractivity contribution in [1.82, 2.24) is 14.8 Å². The molecule has 0 radical (unpaired) electrons. The molecule has 1 aromatic carbocycles. The molecule has 3 aromatic rings. The first-order valence-electron chi connectivity index (χ1n) is 9.75. The lowest BCUT2D eigenvalue weighted by molar-refractivity contribution is -0.113. The highest BCUT2D eigenvalue weighted by atomic mass is 35.5. The number of thioether (sulfide) groups is 1. The Hall–Kier alpha value is -2.38. The number of nitrogens with two attached hydrogens (primary N) is 1. The van der Waals surface area contributed by atoms with E-state index in [0.29, 0.717) is 51.6 Å². The second-order valence-electron chi connectivity index (χ2n) is 6.63. The number of anilines is 1. The van der Waals surface area contributed by atoms with Gasteiger partial charge < -0.3 is 24.8 Å². The zero-order valence-electron chi connectivity index (χ0n) is 17.6. The number of carbonyl (C=O) groups excluding carboxylic acids is 2. The number of carbonyl (C=O) groups is 2. The van der Waals surface area contributed by atoms with Gasteiger partial charge in [-0.05, 0) is 36.8 Å². The molecule has 0 fully saturated rings. The molecule has 0 unspecified atom stereocenters. The third-order valence-electron chi connectivity index (χ3n) is 4.15. The molecule has 0 saturated heterocycles. The number of benzene rings is 1. The summed E-state index contributed by atoms with van der Waals surface area (Å²) in [5.41, 5.74) is 5.59. The number of ether oxygens (including phenoxy) is 1. The zero-order chi connectivity index (χ0) is 24.7. The molecule has 3 rings (SSSR count). The molecule has 0 aliphatic heterocycles. The lowest BCUT2D eigenvalue weighted by Crippen LogP contribution is -2.21. The number of allylic oxidation sites excluding steroid dienone is 1. The van der Waals surface area contributed by atoms with Gasteiger partial charge in [0.05, 0.1) is 17.4 Å². The van der Waals surface area contributed by atoms with Crippen molar-refractivity contribution in [3.8, 4) is 5.75 Å². The third kappa shape index (κ3) is 7.06. The van der Waals surface area contributed by atoms with E-state index in [1.807, 2.05) is 0 Å². The molecular weight excluding hydrogens is 541 g/mol. The second-order valence-corrected chi connectivity index (χ2v) is 10.0. The normalized spacial score (nSPS) is 10.8. The summed E-state index contributed by atoms with van der Waals surface area (Å²) in [5, 5.41) is 12.1. The first kappa shape index (κ1) is 26.2. The standard InChI is InChI=1S/C20H19Cl2N5O4S3/c1-2-7-27-16(17(23)29)18(34-20(27)32)24-14(28)10-33-19-26-25-15(31-19)4-3-8-30-13-6-5-11(21)9-12(13)22/h2,5-6,9H,1,3-4,7-8,10H2,(H2,23,29)(H,24,28). The maximum Gasteiger partial charge on any atom is 0.277 e. The largest absolute Gasteiger partial charge is 0.492 e. The molecule has 3 N–H and O–H groups in total. The summed E-state index contributed by atoms with van der Waals surface area (Å²) in [7, 11) is 0. The Bertz CT molecular complexity index is 1260. The van der Waals surface area contributed by atoms with Gasteiger partial charge in [-0.2, -0.15) is 0 Å². The van der Waals surface area contributed by atoms with Crippen LogP contribution >= 0.6 is 58.5 Å². The van der Waals surface area contributed by atoms with E-state index in [9.17, 15) is 9.59 Å². The summed E-state index contributed by atoms with van der Waals surface area (Å²) in [4.78, 5) is 24.2. The van der Waals surface area contributed by atoms with Crippen LogP contribution in [-0.4, -0.2) is 38.9 Å². The Labute approximate surface area is 218 Å². The summed E-state index contributed by atoms with van der Waals surface area (Å²) >= 11 is 19.3. The minimum absolute atomic E-state index is 0.00979. The van der Waals surface area contributed by atoms with Crippen molar-refractivity contribution in [3.05, 3.63) is 56.4 Å². The Morgan fingerprint density at radius 3 is 2.88 bits per heavy atom. The Balaban J connectivity index is 1.47. The van der Waals surface area contributed by atoms with Crippen LogP contribution in [0.25, 0.3) is 0 Å². The van der Waals surface area contributed by atoms with E-state index in [0.717, 1.165) is 23.1 Å². The molecule has 2 aromatic heterocycles. The molecule has 0 bridgehead atoms. The number of nitrogens with zero attached hydrogens (tertiary/aromatic N) is 3. The maximum atomic E-state index is 12.4. The first-order chi connectivity index (χ1) is 16.3. The second kappa shape index (κ2) is 12.4. The lowest BCUT2D eigenvalue weighted by atomic mass is 10.3. The van der Waals surface area contributed by atoms with E-state index in [1.165, 1.54) is 4.57 Å². The minimum atomic E-state index is -0.694. The fourth-order valence-corrected chi connectivity index (χ4v) is 5.10. The van der Waals surface area contributed by atoms with Crippen molar-refractivity contribution in [2.24, 2.45) is 5.73 Å². The Kier molecular flexibility index (Phi) is 9.54. The smallest absolute Gasteiger partial charge is 0.277 e. The molecule has 2 heterocycles. The van der Waals surface area contributed by atoms with Crippen LogP contribution in [0.3, 0.4) is 0 Å². The monoisotopic (exact) mass is 559 g/mol. The van der Waals surface area contributed by atoms with Gasteiger partial charge in [-0.25, -0.2) is 0 Å². The van der Waals surface area contributed by atoms with E-state index < -0.39 is 5.91 Å². The predicted molar refractivity (Wildman–Crippen MR) is 136 cm³/mol. The number of hydrogen-bond acceptors (Lipinski definition) is 9. The average molecular weight is 561 g/mol. The molecule has 0 spiro atoms. The molecule has 180 valence electrons. The number of halogens is 2. The number of aromatic nitrogens is 3. The van der Waals surface area contributed by atoms with Gasteiger partial charge in [0.15, 0.2) is 3.95 Å². The fraction of sp³-hybridized carbons (Fsp3) is 0.250. The van der Waals surface area contributed by atoms with Gasteiger partial charge in [-0.1, -0.05) is 52.4 Å². The van der Waals surface area contributed by atoms with E-state index in [1.54, 1.807) is 24.3 Å². The van der Waals surface area contributed by atoms with E-state index in [-0.39, 0.29) is 27.6 Å². The zero-order valence-corrected chi connectivity index (χ0v) is 21.5. The molecule has 34 heavy (non-hydrogen) atoms. The predicted octanol–water partition coefficient (Wildman–Crippen LogP) is 5.00. The summed E-state index contributed by atoms with van der Waals surface area (Å²) in [6, 6.07) is 5.01. The number of rotatable bonds is 12. The van der Waals surface area contributed by atoms with Crippen LogP contribution in [0.2, 0.25) is 10.0 Å². The van der Waals surface area contributed by atoms with Crippen molar-refractivity contribution >= 4 is 75.3 Å². The number of thiazole rings is 1. The number of hydrogen-bond donors (Lipinski definition) is 2. The summed E-state index contributed by atoms with van der Waals surface area (Å²) < 4.78 is 13.1. The van der Waals surface area contributed by atoms with Gasteiger partial charge in [-0.15, -0.1) is 16.8 Å². The highest BCUT2D eigenvalue weighted by molar-refractivity contribution is 7.99. The van der Waals surface area contributed by atoms with Crippen LogP contribution < -0.4 is 15.8 Å². The SMILES string of the molecule is C=CCn1c(C(N)=O)c(NC(=O)CSc2nnc(CCCOc3ccc(Cl)cc3Cl)o2)sc1=S. The molecule has 9 nitrogen and oxygen atoms in total. The Morgan fingerprint density at radius 2 is 2.18 bits per heavy atom. The van der Waals surface area contributed by atoms with Crippen molar-refractivity contribution < 1.29 is 18.7 Å². The number of amides is 2. The summed E-state index contributed by atoms with van der Waals surface area (Å²) in [6.45, 7) is 4.33. The van der Waals surface area contributed by atoms with E-state index in [2.05, 4.69) is 22.1 Å². The van der Waals surface area contributed by atoms with Gasteiger partial charge in [0, 0.05) is 18.0 Å². The van der Waals surface area contributed by atoms with Crippen molar-refractivity contribution in [2.75, 3.05) is 17.7 Å². The van der Waals surface area contributed by atoms with Crippen molar-refractivity contribution in [3.63, 3.8) is 0 Å². The van der Waals surface area contributed by atoms with Crippen LogP contribution in [0.1, 0.15) is 22.8 Å². The van der Waals surface area contributed by atoms with Gasteiger partial charge in [-0.3, -0.25) is 9.59 Å². The molecule has 0 aliphatic rings. The number of aryl methyl sites for hydroxylation is 1. The average Bonchev–Trinajstić information content (AvgIpc) is 3.35. The van der Waals surface area contributed by atoms with Crippen LogP contribution in [-0.2, 0) is 17.8 Å². The molecule has 2 amide bonds. The molecular formula is C20H19Cl2N5O4S3. The van der Waals surface area contributed by atoms with Crippen LogP contribution in [0, 0.1) is 3.95 Å². The van der Waals surface area contributed by atoms with Crippen LogP contribution in [0.5, 0.6) is 5.75 Å². The maximum absolute atomic E-state index is 12.4. The topological polar surface area (TPSA) is 125 Å². The summed E-state index contributed by atoms with van der Waals surface area (Å²) in [5.74, 6) is -0.112. The fourth-order valence-electron chi connectivity index (χ4n) is 2.71. The summed E-state index contributed by atoms with van der Waals surface area (Å²) in [6.07, 6.45) is 2.70. The van der Waals surface area contributed by atoms with Gasteiger partial charge in [0.1, 0.15) is 16.4 Å². The van der Waals surface area contributed by atoms with Crippen LogP contribution in [0.15, 0.2) is 40.5 Å². The molecule has 14 heteroatoms. The van der Waals surface area contributed by atoms with Gasteiger partial charge in [0.2, 0.25) is 11.8 Å². The third-order valence-corrected chi connectivity index (χ3v) is 6.87. The highest BCUT2D eigenvalue weighted by Gasteiger charge is 2.19. The van der Waals surface area contributed by atoms with E-state index >= 15 is 0 Å². The first-order valence-corrected chi connectivity index (χ1v) is 12.7. The van der Waals surface area contributed by atoms with Crippen molar-refractivity contribution in [2.45, 2.75) is 24.6 Å².